The van der Waals surface area contributed by atoms with Crippen LogP contribution in [0, 0.1) is 0 Å². The maximum atomic E-state index is 11.5. The van der Waals surface area contributed by atoms with E-state index in [-0.39, 0.29) is 18.7 Å². The Labute approximate surface area is 72.8 Å². The van der Waals surface area contributed by atoms with Crippen LogP contribution in [0.2, 0.25) is 0 Å². The molecule has 1 N–H and O–H groups in total. The fourth-order valence-electron chi connectivity index (χ4n) is 1.53. The Morgan fingerprint density at radius 3 is 2.83 bits per heavy atom. The van der Waals surface area contributed by atoms with Crippen LogP contribution in [0.4, 0.5) is 4.79 Å². The predicted molar refractivity (Wildman–Crippen MR) is 45.9 cm³/mol. The summed E-state index contributed by atoms with van der Waals surface area (Å²) in [5.74, 6) is 0. The van der Waals surface area contributed by atoms with Crippen LogP contribution >= 0.6 is 0 Å². The third kappa shape index (κ3) is 1.69. The zero-order chi connectivity index (χ0) is 9.14. The predicted octanol–water partition coefficient (Wildman–Crippen LogP) is 0.125. The van der Waals surface area contributed by atoms with E-state index in [9.17, 15) is 4.79 Å². The van der Waals surface area contributed by atoms with Gasteiger partial charge in [-0.05, 0) is 12.8 Å². The normalized spacial score (nSPS) is 22.9. The second kappa shape index (κ2) is 3.76. The molecule has 1 aliphatic rings. The van der Waals surface area contributed by atoms with Crippen LogP contribution in [0.3, 0.4) is 0 Å². The molecule has 1 heterocycles. The van der Waals surface area contributed by atoms with Crippen LogP contribution < -0.4 is 0 Å². The number of likely N-dealkylation sites (tertiary alicyclic amines) is 1. The average molecular weight is 172 g/mol. The van der Waals surface area contributed by atoms with Crippen LogP contribution in [0.5, 0.6) is 0 Å². The highest BCUT2D eigenvalue weighted by Crippen LogP contribution is 2.17. The van der Waals surface area contributed by atoms with Gasteiger partial charge >= 0.3 is 6.03 Å². The lowest BCUT2D eigenvalue weighted by atomic mass is 10.2. The molecule has 12 heavy (non-hydrogen) atoms. The summed E-state index contributed by atoms with van der Waals surface area (Å²) in [4.78, 5) is 14.7. The molecule has 0 aliphatic carbocycles. The largest absolute Gasteiger partial charge is 0.394 e. The number of hydrogen-bond acceptors (Lipinski definition) is 2. The van der Waals surface area contributed by atoms with E-state index in [0.29, 0.717) is 0 Å². The smallest absolute Gasteiger partial charge is 0.319 e. The van der Waals surface area contributed by atoms with Crippen molar-refractivity contribution < 1.29 is 9.90 Å². The highest BCUT2D eigenvalue weighted by molar-refractivity contribution is 5.74. The van der Waals surface area contributed by atoms with Gasteiger partial charge in [0.05, 0.1) is 12.6 Å². The van der Waals surface area contributed by atoms with E-state index >= 15 is 0 Å². The first-order valence-corrected chi connectivity index (χ1v) is 4.25. The second-order valence-electron chi connectivity index (χ2n) is 3.35. The van der Waals surface area contributed by atoms with E-state index in [1.807, 2.05) is 0 Å². The lowest BCUT2D eigenvalue weighted by Crippen LogP contribution is -2.43. The number of rotatable bonds is 1. The van der Waals surface area contributed by atoms with Crippen molar-refractivity contribution in [3.63, 3.8) is 0 Å². The van der Waals surface area contributed by atoms with Gasteiger partial charge in [0.2, 0.25) is 0 Å². The molecule has 1 fully saturated rings. The zero-order valence-electron chi connectivity index (χ0n) is 7.66. The number of carbonyl (C=O) groups is 1. The molecular formula is C8H16N2O2. The SMILES string of the molecule is CN(C)C(=O)N1CCCC1CO. The zero-order valence-corrected chi connectivity index (χ0v) is 7.66. The van der Waals surface area contributed by atoms with Crippen molar-refractivity contribution in [1.29, 1.82) is 0 Å². The molecule has 0 spiro atoms. The van der Waals surface area contributed by atoms with Crippen molar-refractivity contribution in [2.75, 3.05) is 27.2 Å². The number of carbonyl (C=O) groups excluding carboxylic acids is 1. The molecule has 0 aromatic carbocycles. The first kappa shape index (κ1) is 9.32. The lowest BCUT2D eigenvalue weighted by molar-refractivity contribution is 0.138. The Morgan fingerprint density at radius 2 is 2.33 bits per heavy atom. The maximum absolute atomic E-state index is 11.5. The van der Waals surface area contributed by atoms with Gasteiger partial charge in [0, 0.05) is 20.6 Å². The van der Waals surface area contributed by atoms with Gasteiger partial charge in [-0.15, -0.1) is 0 Å². The summed E-state index contributed by atoms with van der Waals surface area (Å²) in [6.07, 6.45) is 1.93. The standard InChI is InChI=1S/C8H16N2O2/c1-9(2)8(12)10-5-3-4-7(10)6-11/h7,11H,3-6H2,1-2H3. The maximum Gasteiger partial charge on any atom is 0.319 e. The minimum Gasteiger partial charge on any atom is -0.394 e. The molecule has 1 unspecified atom stereocenters. The van der Waals surface area contributed by atoms with E-state index in [2.05, 4.69) is 0 Å². The van der Waals surface area contributed by atoms with Gasteiger partial charge in [0.1, 0.15) is 0 Å². The van der Waals surface area contributed by atoms with Crippen molar-refractivity contribution in [2.24, 2.45) is 0 Å². The van der Waals surface area contributed by atoms with Crippen molar-refractivity contribution in [1.82, 2.24) is 9.80 Å². The number of aliphatic hydroxyl groups is 1. The number of aliphatic hydroxyl groups excluding tert-OH is 1. The van der Waals surface area contributed by atoms with Gasteiger partial charge < -0.3 is 14.9 Å². The van der Waals surface area contributed by atoms with Crippen molar-refractivity contribution >= 4 is 6.03 Å². The van der Waals surface area contributed by atoms with Crippen LogP contribution in [0.1, 0.15) is 12.8 Å². The Balaban J connectivity index is 2.55. The summed E-state index contributed by atoms with van der Waals surface area (Å²) < 4.78 is 0. The van der Waals surface area contributed by atoms with Gasteiger partial charge in [-0.3, -0.25) is 0 Å². The van der Waals surface area contributed by atoms with Crippen molar-refractivity contribution in [2.45, 2.75) is 18.9 Å². The fraction of sp³-hybridized carbons (Fsp3) is 0.875. The number of hydrogen-bond donors (Lipinski definition) is 1. The number of urea groups is 1. The molecule has 2 amide bonds. The molecule has 0 bridgehead atoms. The van der Waals surface area contributed by atoms with Gasteiger partial charge in [-0.25, -0.2) is 4.79 Å². The molecule has 0 saturated carbocycles. The van der Waals surface area contributed by atoms with Gasteiger partial charge in [0.25, 0.3) is 0 Å². The molecule has 1 rings (SSSR count). The van der Waals surface area contributed by atoms with Gasteiger partial charge in [0.15, 0.2) is 0 Å². The molecule has 0 aromatic rings. The lowest BCUT2D eigenvalue weighted by Gasteiger charge is -2.26. The first-order valence-electron chi connectivity index (χ1n) is 4.25. The van der Waals surface area contributed by atoms with Crippen LogP contribution in [-0.2, 0) is 0 Å². The molecule has 1 saturated heterocycles. The Bertz CT molecular complexity index is 170. The first-order chi connectivity index (χ1) is 5.66. The molecule has 1 atom stereocenters. The minimum atomic E-state index is 0.00606. The van der Waals surface area contributed by atoms with E-state index in [0.717, 1.165) is 19.4 Å². The molecule has 4 nitrogen and oxygen atoms in total. The highest BCUT2D eigenvalue weighted by atomic mass is 16.3. The van der Waals surface area contributed by atoms with Crippen LogP contribution in [0.25, 0.3) is 0 Å². The van der Waals surface area contributed by atoms with Crippen molar-refractivity contribution in [3.8, 4) is 0 Å². The third-order valence-electron chi connectivity index (χ3n) is 2.22. The molecular weight excluding hydrogens is 156 g/mol. The third-order valence-corrected chi connectivity index (χ3v) is 2.22. The summed E-state index contributed by atoms with van der Waals surface area (Å²) in [6, 6.07) is 0.0476. The summed E-state index contributed by atoms with van der Waals surface area (Å²) in [5, 5.41) is 8.95. The Kier molecular flexibility index (Phi) is 2.92. The quantitative estimate of drug-likeness (QED) is 0.610. The second-order valence-corrected chi connectivity index (χ2v) is 3.35. The van der Waals surface area contributed by atoms with Crippen LogP contribution in [0.15, 0.2) is 0 Å². The molecule has 1 aliphatic heterocycles. The van der Waals surface area contributed by atoms with E-state index in [1.165, 1.54) is 0 Å². The summed E-state index contributed by atoms with van der Waals surface area (Å²) in [7, 11) is 3.46. The average Bonchev–Trinajstić information content (AvgIpc) is 2.49. The van der Waals surface area contributed by atoms with Gasteiger partial charge in [-0.1, -0.05) is 0 Å². The van der Waals surface area contributed by atoms with Crippen molar-refractivity contribution in [3.05, 3.63) is 0 Å². The number of nitrogens with zero attached hydrogens (tertiary/aromatic N) is 2. The molecule has 0 radical (unpaired) electrons. The topological polar surface area (TPSA) is 43.8 Å². The van der Waals surface area contributed by atoms with Gasteiger partial charge in [-0.2, -0.15) is 0 Å². The fourth-order valence-corrected chi connectivity index (χ4v) is 1.53. The molecule has 4 heteroatoms. The van der Waals surface area contributed by atoms with E-state index in [1.54, 1.807) is 23.9 Å². The molecule has 70 valence electrons. The van der Waals surface area contributed by atoms with Crippen LogP contribution in [-0.4, -0.2) is 54.2 Å². The Hall–Kier alpha value is -0.770. The molecule has 0 aromatic heterocycles. The highest BCUT2D eigenvalue weighted by Gasteiger charge is 2.28. The minimum absolute atomic E-state index is 0.00606. The Morgan fingerprint density at radius 1 is 1.67 bits per heavy atom. The van der Waals surface area contributed by atoms with E-state index < -0.39 is 0 Å². The summed E-state index contributed by atoms with van der Waals surface area (Å²) in [6.45, 7) is 0.863. The monoisotopic (exact) mass is 172 g/mol. The van der Waals surface area contributed by atoms with E-state index in [4.69, 9.17) is 5.11 Å². The number of amides is 2. The summed E-state index contributed by atoms with van der Waals surface area (Å²) in [5.41, 5.74) is 0. The summed E-state index contributed by atoms with van der Waals surface area (Å²) >= 11 is 0.